The Hall–Kier alpha value is -3.35. The van der Waals surface area contributed by atoms with Crippen molar-refractivity contribution in [2.75, 3.05) is 0 Å². The monoisotopic (exact) mass is 532 g/mol. The number of nitrogens with zero attached hydrogens (tertiary/aromatic N) is 4. The van der Waals surface area contributed by atoms with Crippen LogP contribution < -0.4 is 5.19 Å². The second-order valence-electron chi connectivity index (χ2n) is 12.7. The fourth-order valence-corrected chi connectivity index (χ4v) is 8.97. The molecule has 6 heteroatoms. The molecule has 38 heavy (non-hydrogen) atoms. The molecule has 7 rings (SSSR count). The molecule has 0 fully saturated rings. The normalized spacial score (nSPS) is 16.2. The summed E-state index contributed by atoms with van der Waals surface area (Å²) in [6.07, 6.45) is 1.72. The van der Waals surface area contributed by atoms with Crippen LogP contribution in [0.3, 0.4) is 0 Å². The van der Waals surface area contributed by atoms with E-state index in [0.29, 0.717) is 0 Å². The zero-order chi connectivity index (χ0) is 26.6. The van der Waals surface area contributed by atoms with Crippen LogP contribution in [0.25, 0.3) is 48.3 Å². The van der Waals surface area contributed by atoms with Gasteiger partial charge >= 0.3 is 0 Å². The van der Waals surface area contributed by atoms with Crippen molar-refractivity contribution in [3.05, 3.63) is 78.4 Å². The van der Waals surface area contributed by atoms with Crippen molar-refractivity contribution in [3.8, 4) is 16.9 Å². The Bertz CT molecular complexity index is 1920. The Morgan fingerprint density at radius 1 is 0.816 bits per heavy atom. The van der Waals surface area contributed by atoms with E-state index in [1.165, 1.54) is 27.2 Å². The number of hydrogen-bond donors (Lipinski definition) is 0. The van der Waals surface area contributed by atoms with Gasteiger partial charge in [0.15, 0.2) is 0 Å². The van der Waals surface area contributed by atoms with E-state index in [-0.39, 0.29) is 10.8 Å². The van der Waals surface area contributed by atoms with Crippen LogP contribution in [0.5, 0.6) is 0 Å². The molecular formula is C32H32N4SSi. The molecule has 0 bridgehead atoms. The molecule has 1 aliphatic heterocycles. The van der Waals surface area contributed by atoms with Crippen LogP contribution in [0.2, 0.25) is 19.6 Å². The number of benzene rings is 3. The van der Waals surface area contributed by atoms with E-state index >= 15 is 0 Å². The number of para-hydroxylation sites is 1. The van der Waals surface area contributed by atoms with Gasteiger partial charge in [-0.25, -0.2) is 15.0 Å². The molecule has 0 aliphatic carbocycles. The van der Waals surface area contributed by atoms with E-state index in [2.05, 4.69) is 113 Å². The first-order valence-electron chi connectivity index (χ1n) is 13.3. The summed E-state index contributed by atoms with van der Waals surface area (Å²) >= 11 is 1.77. The third-order valence-electron chi connectivity index (χ3n) is 8.95. The number of aromatic nitrogens is 4. The lowest BCUT2D eigenvalue weighted by molar-refractivity contribution is 0.273. The number of hydrogen-bond acceptors (Lipinski definition) is 4. The average Bonchev–Trinajstić information content (AvgIpc) is 3.44. The lowest BCUT2D eigenvalue weighted by Crippen LogP contribution is -2.46. The zero-order valence-corrected chi connectivity index (χ0v) is 24.9. The first-order valence-corrected chi connectivity index (χ1v) is 17.6. The van der Waals surface area contributed by atoms with Gasteiger partial charge in [-0.05, 0) is 28.5 Å². The Kier molecular flexibility index (Phi) is 4.75. The molecule has 1 aliphatic rings. The van der Waals surface area contributed by atoms with Gasteiger partial charge in [0.1, 0.15) is 28.0 Å². The van der Waals surface area contributed by atoms with Crippen LogP contribution in [0, 0.1) is 0 Å². The van der Waals surface area contributed by atoms with Crippen LogP contribution in [-0.2, 0) is 10.8 Å². The standard InChI is InChI=1S/C32H32N4SSi/c1-31(2)22-14-10-11-15-23(22)36-29-27(35-30(36)32(31,3)4)26-28(37-29)25(33-18-34-26)20-16-19-12-8-9-13-21(19)24(17-20)38(5,6)7/h8-18H,1-7H3. The zero-order valence-electron chi connectivity index (χ0n) is 23.0. The maximum Gasteiger partial charge on any atom is 0.130 e. The lowest BCUT2D eigenvalue weighted by atomic mass is 9.61. The van der Waals surface area contributed by atoms with Crippen molar-refractivity contribution >= 4 is 55.9 Å². The van der Waals surface area contributed by atoms with Gasteiger partial charge in [0, 0.05) is 16.4 Å². The minimum atomic E-state index is -1.59. The van der Waals surface area contributed by atoms with E-state index in [4.69, 9.17) is 15.0 Å². The van der Waals surface area contributed by atoms with Gasteiger partial charge in [-0.15, -0.1) is 11.3 Å². The summed E-state index contributed by atoms with van der Waals surface area (Å²) < 4.78 is 3.50. The van der Waals surface area contributed by atoms with Gasteiger partial charge in [-0.3, -0.25) is 4.57 Å². The topological polar surface area (TPSA) is 43.6 Å². The van der Waals surface area contributed by atoms with Crippen LogP contribution >= 0.6 is 11.3 Å². The molecule has 0 saturated carbocycles. The first kappa shape index (κ1) is 23.7. The van der Waals surface area contributed by atoms with Crippen molar-refractivity contribution in [1.82, 2.24) is 19.5 Å². The molecular weight excluding hydrogens is 501 g/mol. The van der Waals surface area contributed by atoms with Crippen molar-refractivity contribution in [2.45, 2.75) is 58.2 Å². The van der Waals surface area contributed by atoms with Crippen molar-refractivity contribution in [1.29, 1.82) is 0 Å². The SMILES string of the molecule is CC1(C)c2ccccc2-n2c(nc3c4ncnc(-c5cc([Si](C)(C)C)c6ccccc6c5)c4sc32)C1(C)C. The quantitative estimate of drug-likeness (QED) is 0.212. The van der Waals surface area contributed by atoms with E-state index in [9.17, 15) is 0 Å². The summed E-state index contributed by atoms with van der Waals surface area (Å²) in [6, 6.07) is 22.2. The molecule has 3 aromatic carbocycles. The summed E-state index contributed by atoms with van der Waals surface area (Å²) in [4.78, 5) is 16.1. The van der Waals surface area contributed by atoms with Gasteiger partial charge < -0.3 is 0 Å². The van der Waals surface area contributed by atoms with Gasteiger partial charge in [0.05, 0.1) is 24.2 Å². The highest BCUT2D eigenvalue weighted by Gasteiger charge is 2.48. The average molecular weight is 533 g/mol. The Morgan fingerprint density at radius 2 is 1.55 bits per heavy atom. The van der Waals surface area contributed by atoms with Gasteiger partial charge in [-0.1, -0.05) is 101 Å². The number of imidazole rings is 1. The molecule has 6 aromatic rings. The van der Waals surface area contributed by atoms with Gasteiger partial charge in [-0.2, -0.15) is 0 Å². The molecule has 0 amide bonds. The molecule has 0 saturated heterocycles. The predicted octanol–water partition coefficient (Wildman–Crippen LogP) is 7.96. The van der Waals surface area contributed by atoms with Crippen LogP contribution in [0.1, 0.15) is 39.1 Å². The Labute approximate surface area is 228 Å². The van der Waals surface area contributed by atoms with E-state index in [1.807, 2.05) is 0 Å². The maximum atomic E-state index is 5.32. The second kappa shape index (κ2) is 7.61. The highest BCUT2D eigenvalue weighted by Crippen LogP contribution is 2.52. The molecule has 0 atom stereocenters. The fraction of sp³-hybridized carbons (Fsp3) is 0.281. The molecule has 0 unspecified atom stereocenters. The predicted molar refractivity (Wildman–Crippen MR) is 164 cm³/mol. The summed E-state index contributed by atoms with van der Waals surface area (Å²) in [5, 5.41) is 4.10. The van der Waals surface area contributed by atoms with Gasteiger partial charge in [0.25, 0.3) is 0 Å². The van der Waals surface area contributed by atoms with Crippen LogP contribution in [-0.4, -0.2) is 27.6 Å². The second-order valence-corrected chi connectivity index (χ2v) is 18.7. The number of rotatable bonds is 2. The van der Waals surface area contributed by atoms with E-state index in [1.54, 1.807) is 17.7 Å². The maximum absolute atomic E-state index is 5.32. The molecule has 0 spiro atoms. The smallest absolute Gasteiger partial charge is 0.130 e. The fourth-order valence-electron chi connectivity index (χ4n) is 6.12. The van der Waals surface area contributed by atoms with E-state index in [0.717, 1.165) is 37.6 Å². The molecule has 190 valence electrons. The summed E-state index contributed by atoms with van der Waals surface area (Å²) in [7, 11) is -1.59. The highest BCUT2D eigenvalue weighted by atomic mass is 32.1. The third-order valence-corrected chi connectivity index (χ3v) is 12.1. The number of fused-ring (bicyclic) bond motifs is 8. The summed E-state index contributed by atoms with van der Waals surface area (Å²) in [5.74, 6) is 1.11. The highest BCUT2D eigenvalue weighted by molar-refractivity contribution is 7.26. The molecule has 4 nitrogen and oxygen atoms in total. The molecule has 3 aromatic heterocycles. The summed E-state index contributed by atoms with van der Waals surface area (Å²) in [5.41, 5.74) is 6.48. The van der Waals surface area contributed by atoms with Crippen molar-refractivity contribution in [3.63, 3.8) is 0 Å². The molecule has 4 heterocycles. The van der Waals surface area contributed by atoms with Crippen LogP contribution in [0.4, 0.5) is 0 Å². The largest absolute Gasteiger partial charge is 0.287 e. The number of thiophene rings is 1. The first-order chi connectivity index (χ1) is 18.0. The third kappa shape index (κ3) is 3.04. The summed E-state index contributed by atoms with van der Waals surface area (Å²) in [6.45, 7) is 16.6. The molecule has 0 N–H and O–H groups in total. The minimum absolute atomic E-state index is 0.0542. The van der Waals surface area contributed by atoms with Gasteiger partial charge in [0.2, 0.25) is 0 Å². The van der Waals surface area contributed by atoms with Crippen molar-refractivity contribution in [2.24, 2.45) is 0 Å². The lowest BCUT2D eigenvalue weighted by Gasteiger charge is -2.46. The van der Waals surface area contributed by atoms with E-state index < -0.39 is 8.07 Å². The molecule has 0 radical (unpaired) electrons. The Morgan fingerprint density at radius 3 is 2.34 bits per heavy atom. The Balaban J connectivity index is 1.54. The minimum Gasteiger partial charge on any atom is -0.287 e. The van der Waals surface area contributed by atoms with Crippen molar-refractivity contribution < 1.29 is 0 Å². The van der Waals surface area contributed by atoms with Crippen LogP contribution in [0.15, 0.2) is 67.0 Å².